The summed E-state index contributed by atoms with van der Waals surface area (Å²) in [6.45, 7) is 1.92. The SMILES string of the molecule is COC(=O)C1=C(C)CS[C@@H]2[C@H](NC(=O)OCc3ccccc3)C(=O)N12. The maximum absolute atomic E-state index is 12.4. The molecule has 0 aromatic heterocycles. The molecule has 3 rings (SSSR count). The van der Waals surface area contributed by atoms with Gasteiger partial charge in [-0.3, -0.25) is 9.69 Å². The highest BCUT2D eigenvalue weighted by Crippen LogP contribution is 2.40. The molecule has 2 atom stereocenters. The first-order valence-corrected chi connectivity index (χ1v) is 8.77. The van der Waals surface area contributed by atoms with Gasteiger partial charge in [-0.1, -0.05) is 30.3 Å². The van der Waals surface area contributed by atoms with Crippen molar-refractivity contribution < 1.29 is 23.9 Å². The molecule has 2 amide bonds. The van der Waals surface area contributed by atoms with Crippen LogP contribution in [-0.4, -0.2) is 47.1 Å². The number of nitrogens with zero attached hydrogens (tertiary/aromatic N) is 1. The summed E-state index contributed by atoms with van der Waals surface area (Å²) in [5.74, 6) is -0.286. The maximum atomic E-state index is 12.4. The van der Waals surface area contributed by atoms with Crippen LogP contribution in [0.3, 0.4) is 0 Å². The number of amides is 2. The first-order chi connectivity index (χ1) is 12.0. The molecular formula is C17H18N2O5S. The quantitative estimate of drug-likeness (QED) is 0.647. The molecule has 7 nitrogen and oxygen atoms in total. The fraction of sp³-hybridized carbons (Fsp3) is 0.353. The Hall–Kier alpha value is -2.48. The minimum atomic E-state index is -0.707. The van der Waals surface area contributed by atoms with Gasteiger partial charge in [0, 0.05) is 5.75 Å². The van der Waals surface area contributed by atoms with E-state index in [0.29, 0.717) is 5.75 Å². The van der Waals surface area contributed by atoms with Gasteiger partial charge < -0.3 is 14.8 Å². The number of carbonyl (C=O) groups is 3. The van der Waals surface area contributed by atoms with Crippen molar-refractivity contribution in [2.24, 2.45) is 0 Å². The van der Waals surface area contributed by atoms with Crippen molar-refractivity contribution in [2.75, 3.05) is 12.9 Å². The lowest BCUT2D eigenvalue weighted by atomic mass is 10.0. The summed E-state index contributed by atoms with van der Waals surface area (Å²) >= 11 is 1.49. The number of alkyl carbamates (subject to hydrolysis) is 1. The van der Waals surface area contributed by atoms with Crippen LogP contribution < -0.4 is 5.32 Å². The molecule has 132 valence electrons. The van der Waals surface area contributed by atoms with Crippen LogP contribution in [-0.2, 0) is 25.7 Å². The van der Waals surface area contributed by atoms with Crippen LogP contribution in [0.4, 0.5) is 4.79 Å². The lowest BCUT2D eigenvalue weighted by Gasteiger charge is -2.49. The minimum absolute atomic E-state index is 0.127. The van der Waals surface area contributed by atoms with Crippen molar-refractivity contribution in [3.8, 4) is 0 Å². The van der Waals surface area contributed by atoms with Gasteiger partial charge in [-0.05, 0) is 18.1 Å². The molecule has 2 heterocycles. The normalized spacial score (nSPS) is 22.0. The second kappa shape index (κ2) is 7.18. The second-order valence-corrected chi connectivity index (χ2v) is 6.82. The van der Waals surface area contributed by atoms with Crippen LogP contribution in [0.15, 0.2) is 41.6 Å². The van der Waals surface area contributed by atoms with Crippen LogP contribution in [0, 0.1) is 0 Å². The number of ether oxygens (including phenoxy) is 2. The predicted octanol–water partition coefficient (Wildman–Crippen LogP) is 1.64. The molecule has 0 aliphatic carbocycles. The van der Waals surface area contributed by atoms with E-state index < -0.39 is 18.1 Å². The van der Waals surface area contributed by atoms with Gasteiger partial charge in [0.25, 0.3) is 5.91 Å². The average Bonchev–Trinajstić information content (AvgIpc) is 2.64. The fourth-order valence-electron chi connectivity index (χ4n) is 2.75. The Balaban J connectivity index is 1.60. The molecule has 25 heavy (non-hydrogen) atoms. The lowest BCUT2D eigenvalue weighted by molar-refractivity contribution is -0.150. The number of hydrogen-bond donors (Lipinski definition) is 1. The highest BCUT2D eigenvalue weighted by atomic mass is 32.2. The van der Waals surface area contributed by atoms with Crippen molar-refractivity contribution in [1.29, 1.82) is 0 Å². The molecule has 0 bridgehead atoms. The number of methoxy groups -OCH3 is 1. The number of esters is 1. The third kappa shape index (κ3) is 3.34. The Kier molecular flexibility index (Phi) is 4.98. The zero-order chi connectivity index (χ0) is 18.0. The lowest BCUT2D eigenvalue weighted by Crippen LogP contribution is -2.70. The smallest absolute Gasteiger partial charge is 0.408 e. The summed E-state index contributed by atoms with van der Waals surface area (Å²) < 4.78 is 9.90. The first-order valence-electron chi connectivity index (χ1n) is 7.73. The predicted molar refractivity (Wildman–Crippen MR) is 91.4 cm³/mol. The largest absolute Gasteiger partial charge is 0.464 e. The van der Waals surface area contributed by atoms with Gasteiger partial charge in [0.2, 0.25) is 0 Å². The van der Waals surface area contributed by atoms with Gasteiger partial charge >= 0.3 is 12.1 Å². The van der Waals surface area contributed by atoms with Gasteiger partial charge in [-0.2, -0.15) is 0 Å². The van der Waals surface area contributed by atoms with E-state index in [0.717, 1.165) is 11.1 Å². The molecule has 0 spiro atoms. The number of fused-ring (bicyclic) bond motifs is 1. The van der Waals surface area contributed by atoms with E-state index in [2.05, 4.69) is 5.32 Å². The summed E-state index contributed by atoms with van der Waals surface area (Å²) in [5, 5.41) is 2.26. The van der Waals surface area contributed by atoms with E-state index in [9.17, 15) is 14.4 Å². The van der Waals surface area contributed by atoms with Crippen LogP contribution in [0.2, 0.25) is 0 Å². The van der Waals surface area contributed by atoms with Crippen LogP contribution in [0.5, 0.6) is 0 Å². The molecule has 1 saturated heterocycles. The summed E-state index contributed by atoms with van der Waals surface area (Å²) in [6.07, 6.45) is -0.659. The summed E-state index contributed by atoms with van der Waals surface area (Å²) in [6, 6.07) is 8.56. The van der Waals surface area contributed by atoms with E-state index in [-0.39, 0.29) is 23.6 Å². The number of β-lactam (4-membered cyclic amide) rings is 1. The summed E-state index contributed by atoms with van der Waals surface area (Å²) in [4.78, 5) is 37.6. The molecular weight excluding hydrogens is 344 g/mol. The van der Waals surface area contributed by atoms with Crippen LogP contribution in [0.1, 0.15) is 12.5 Å². The molecule has 1 N–H and O–H groups in total. The Bertz CT molecular complexity index is 734. The molecule has 0 saturated carbocycles. The number of nitrogens with one attached hydrogen (secondary N) is 1. The van der Waals surface area contributed by atoms with Gasteiger partial charge in [0.1, 0.15) is 23.7 Å². The maximum Gasteiger partial charge on any atom is 0.408 e. The number of hydrogen-bond acceptors (Lipinski definition) is 6. The number of carbonyl (C=O) groups excluding carboxylic acids is 3. The molecule has 1 aromatic rings. The van der Waals surface area contributed by atoms with Crippen LogP contribution in [0.25, 0.3) is 0 Å². The van der Waals surface area contributed by atoms with E-state index >= 15 is 0 Å². The molecule has 1 aromatic carbocycles. The van der Waals surface area contributed by atoms with E-state index in [1.165, 1.54) is 23.8 Å². The third-order valence-corrected chi connectivity index (χ3v) is 5.45. The van der Waals surface area contributed by atoms with Crippen molar-refractivity contribution in [3.63, 3.8) is 0 Å². The summed E-state index contributed by atoms with van der Waals surface area (Å²) in [5.41, 5.74) is 1.91. The van der Waals surface area contributed by atoms with Gasteiger partial charge in [0.05, 0.1) is 7.11 Å². The Morgan fingerprint density at radius 2 is 2.04 bits per heavy atom. The second-order valence-electron chi connectivity index (χ2n) is 5.71. The molecule has 0 unspecified atom stereocenters. The highest BCUT2D eigenvalue weighted by Gasteiger charge is 2.54. The number of rotatable bonds is 4. The van der Waals surface area contributed by atoms with Crippen molar-refractivity contribution in [3.05, 3.63) is 47.2 Å². The van der Waals surface area contributed by atoms with Crippen molar-refractivity contribution in [2.45, 2.75) is 24.9 Å². The third-order valence-electron chi connectivity index (χ3n) is 4.02. The summed E-state index contributed by atoms with van der Waals surface area (Å²) in [7, 11) is 1.28. The van der Waals surface area contributed by atoms with Gasteiger partial charge in [-0.25, -0.2) is 9.59 Å². The zero-order valence-corrected chi connectivity index (χ0v) is 14.7. The fourth-order valence-corrected chi connectivity index (χ4v) is 4.04. The van der Waals surface area contributed by atoms with Crippen LogP contribution >= 0.6 is 11.8 Å². The molecule has 2 aliphatic heterocycles. The molecule has 1 fully saturated rings. The number of thioether (sulfide) groups is 1. The molecule has 8 heteroatoms. The Morgan fingerprint density at radius 1 is 1.32 bits per heavy atom. The van der Waals surface area contributed by atoms with E-state index in [1.807, 2.05) is 30.3 Å². The average molecular weight is 362 g/mol. The van der Waals surface area contributed by atoms with Crippen molar-refractivity contribution in [1.82, 2.24) is 10.2 Å². The molecule has 2 aliphatic rings. The molecule has 0 radical (unpaired) electrons. The number of benzene rings is 1. The highest BCUT2D eigenvalue weighted by molar-refractivity contribution is 8.00. The van der Waals surface area contributed by atoms with Crippen molar-refractivity contribution >= 4 is 29.7 Å². The zero-order valence-electron chi connectivity index (χ0n) is 13.9. The first kappa shape index (κ1) is 17.3. The van der Waals surface area contributed by atoms with Gasteiger partial charge in [-0.15, -0.1) is 11.8 Å². The van der Waals surface area contributed by atoms with Gasteiger partial charge in [0.15, 0.2) is 0 Å². The van der Waals surface area contributed by atoms with E-state index in [1.54, 1.807) is 6.92 Å². The Labute approximate surface area is 149 Å². The Morgan fingerprint density at radius 3 is 2.72 bits per heavy atom. The monoisotopic (exact) mass is 362 g/mol. The van der Waals surface area contributed by atoms with E-state index in [4.69, 9.17) is 9.47 Å². The standard InChI is InChI=1S/C17H18N2O5S/c1-10-9-25-15-12(14(20)19(15)13(10)16(21)23-2)18-17(22)24-8-11-6-4-3-5-7-11/h3-7,12,15H,8-9H2,1-2H3,(H,18,22)/t12-,15-/m1/s1. The minimum Gasteiger partial charge on any atom is -0.464 e. The topological polar surface area (TPSA) is 84.9 Å².